The van der Waals surface area contributed by atoms with Crippen LogP contribution in [-0.4, -0.2) is 37.6 Å². The fraction of sp³-hybridized carbons (Fsp3) is 0.571. The largest absolute Gasteiger partial charge is 0.341 e. The summed E-state index contributed by atoms with van der Waals surface area (Å²) in [4.78, 5) is 19.2. The van der Waals surface area contributed by atoms with Crippen molar-refractivity contribution in [3.8, 4) is 5.95 Å². The van der Waals surface area contributed by atoms with Crippen molar-refractivity contribution in [1.82, 2.24) is 24.5 Å². The van der Waals surface area contributed by atoms with E-state index in [1.54, 1.807) is 23.3 Å². The van der Waals surface area contributed by atoms with Crippen molar-refractivity contribution < 1.29 is 0 Å². The number of rotatable bonds is 8. The van der Waals surface area contributed by atoms with E-state index in [1.807, 2.05) is 0 Å². The van der Waals surface area contributed by atoms with E-state index < -0.39 is 0 Å². The standard InChI is InChI=1S/C14H21ClN6/c1-3-5-8-20(9-6-4-2)13-17-12(15)18-14(19-13)21-10-7-16-11-21/h7,10-11H,3-6,8-9H2,1-2H3. The van der Waals surface area contributed by atoms with Gasteiger partial charge in [0.15, 0.2) is 0 Å². The molecule has 0 saturated carbocycles. The molecule has 0 unspecified atom stereocenters. The van der Waals surface area contributed by atoms with Crippen molar-refractivity contribution >= 4 is 17.5 Å². The van der Waals surface area contributed by atoms with Crippen LogP contribution in [0.15, 0.2) is 18.7 Å². The molecule has 2 heterocycles. The zero-order chi connectivity index (χ0) is 15.1. The van der Waals surface area contributed by atoms with E-state index in [1.165, 1.54) is 0 Å². The third kappa shape index (κ3) is 4.39. The molecule has 0 radical (unpaired) electrons. The lowest BCUT2D eigenvalue weighted by Gasteiger charge is -2.22. The minimum atomic E-state index is 0.210. The molecule has 2 aromatic rings. The Morgan fingerprint density at radius 1 is 1.10 bits per heavy atom. The first-order chi connectivity index (χ1) is 10.2. The Morgan fingerprint density at radius 2 is 1.81 bits per heavy atom. The van der Waals surface area contributed by atoms with Crippen molar-refractivity contribution in [3.05, 3.63) is 24.0 Å². The van der Waals surface area contributed by atoms with Crippen molar-refractivity contribution in [3.63, 3.8) is 0 Å². The average Bonchev–Trinajstić information content (AvgIpc) is 3.01. The SMILES string of the molecule is CCCCN(CCCC)c1nc(Cl)nc(-n2ccnc2)n1. The van der Waals surface area contributed by atoms with Crippen LogP contribution in [0.4, 0.5) is 5.95 Å². The summed E-state index contributed by atoms with van der Waals surface area (Å²) in [5.74, 6) is 1.14. The van der Waals surface area contributed by atoms with Gasteiger partial charge in [0, 0.05) is 25.5 Å². The number of hydrogen-bond donors (Lipinski definition) is 0. The first-order valence-corrected chi connectivity index (χ1v) is 7.77. The van der Waals surface area contributed by atoms with Gasteiger partial charge in [-0.1, -0.05) is 26.7 Å². The summed E-state index contributed by atoms with van der Waals surface area (Å²) in [6, 6.07) is 0. The van der Waals surface area contributed by atoms with Gasteiger partial charge >= 0.3 is 0 Å². The van der Waals surface area contributed by atoms with Crippen LogP contribution in [0.25, 0.3) is 5.95 Å². The second kappa shape index (κ2) is 7.93. The summed E-state index contributed by atoms with van der Waals surface area (Å²) in [7, 11) is 0. The van der Waals surface area contributed by atoms with Gasteiger partial charge in [-0.05, 0) is 24.4 Å². The Hall–Kier alpha value is -1.69. The number of anilines is 1. The second-order valence-corrected chi connectivity index (χ2v) is 5.21. The Bertz CT molecular complexity index is 534. The average molecular weight is 309 g/mol. The highest BCUT2D eigenvalue weighted by molar-refractivity contribution is 6.28. The van der Waals surface area contributed by atoms with E-state index in [0.717, 1.165) is 38.8 Å². The van der Waals surface area contributed by atoms with Gasteiger partial charge in [0.05, 0.1) is 0 Å². The number of halogens is 1. The molecule has 7 heteroatoms. The van der Waals surface area contributed by atoms with Gasteiger partial charge in [0.1, 0.15) is 6.33 Å². The number of imidazole rings is 1. The predicted molar refractivity (Wildman–Crippen MR) is 84.0 cm³/mol. The molecule has 0 saturated heterocycles. The smallest absolute Gasteiger partial charge is 0.241 e. The molecule has 0 aliphatic rings. The van der Waals surface area contributed by atoms with Crippen LogP contribution in [0.2, 0.25) is 5.28 Å². The number of nitrogens with zero attached hydrogens (tertiary/aromatic N) is 6. The zero-order valence-electron chi connectivity index (χ0n) is 12.5. The van der Waals surface area contributed by atoms with E-state index in [-0.39, 0.29) is 5.28 Å². The predicted octanol–water partition coefficient (Wildman–Crippen LogP) is 3.12. The van der Waals surface area contributed by atoms with E-state index in [0.29, 0.717) is 11.9 Å². The maximum atomic E-state index is 6.06. The molecule has 114 valence electrons. The molecule has 21 heavy (non-hydrogen) atoms. The summed E-state index contributed by atoms with van der Waals surface area (Å²) in [6.07, 6.45) is 9.60. The molecule has 0 spiro atoms. The molecule has 0 N–H and O–H groups in total. The van der Waals surface area contributed by atoms with Crippen LogP contribution in [0.5, 0.6) is 0 Å². The van der Waals surface area contributed by atoms with Crippen molar-refractivity contribution in [2.75, 3.05) is 18.0 Å². The molecule has 2 aromatic heterocycles. The molecule has 0 fully saturated rings. The van der Waals surface area contributed by atoms with Crippen LogP contribution in [0, 0.1) is 0 Å². The van der Waals surface area contributed by atoms with Gasteiger partial charge < -0.3 is 4.90 Å². The molecule has 0 aliphatic heterocycles. The maximum Gasteiger partial charge on any atom is 0.241 e. The summed E-state index contributed by atoms with van der Waals surface area (Å²) in [6.45, 7) is 6.21. The van der Waals surface area contributed by atoms with Crippen LogP contribution < -0.4 is 4.90 Å². The molecular weight excluding hydrogens is 288 g/mol. The van der Waals surface area contributed by atoms with Gasteiger partial charge in [-0.2, -0.15) is 15.0 Å². The van der Waals surface area contributed by atoms with E-state index in [9.17, 15) is 0 Å². The Kier molecular flexibility index (Phi) is 5.92. The molecule has 6 nitrogen and oxygen atoms in total. The topological polar surface area (TPSA) is 59.7 Å². The number of hydrogen-bond acceptors (Lipinski definition) is 5. The van der Waals surface area contributed by atoms with E-state index in [2.05, 4.69) is 38.7 Å². The third-order valence-electron chi connectivity index (χ3n) is 3.17. The van der Waals surface area contributed by atoms with Crippen LogP contribution >= 0.6 is 11.6 Å². The number of aromatic nitrogens is 5. The molecule has 0 bridgehead atoms. The van der Waals surface area contributed by atoms with Crippen LogP contribution in [-0.2, 0) is 0 Å². The highest BCUT2D eigenvalue weighted by atomic mass is 35.5. The fourth-order valence-corrected chi connectivity index (χ4v) is 2.12. The zero-order valence-corrected chi connectivity index (χ0v) is 13.3. The summed E-state index contributed by atoms with van der Waals surface area (Å²) >= 11 is 6.06. The molecule has 0 amide bonds. The van der Waals surface area contributed by atoms with Gasteiger partial charge in [-0.15, -0.1) is 0 Å². The van der Waals surface area contributed by atoms with Crippen LogP contribution in [0.3, 0.4) is 0 Å². The lowest BCUT2D eigenvalue weighted by atomic mass is 10.3. The Labute approximate surface area is 130 Å². The monoisotopic (exact) mass is 308 g/mol. The van der Waals surface area contributed by atoms with E-state index in [4.69, 9.17) is 11.6 Å². The maximum absolute atomic E-state index is 6.06. The van der Waals surface area contributed by atoms with Gasteiger partial charge in [0.25, 0.3) is 0 Å². The minimum absolute atomic E-state index is 0.210. The molecule has 0 aliphatic carbocycles. The van der Waals surface area contributed by atoms with Crippen molar-refractivity contribution in [1.29, 1.82) is 0 Å². The molecular formula is C14H21ClN6. The van der Waals surface area contributed by atoms with Gasteiger partial charge in [0.2, 0.25) is 17.2 Å². The minimum Gasteiger partial charge on any atom is -0.341 e. The summed E-state index contributed by atoms with van der Waals surface area (Å²) in [5, 5.41) is 0.210. The second-order valence-electron chi connectivity index (χ2n) is 4.87. The van der Waals surface area contributed by atoms with Crippen molar-refractivity contribution in [2.24, 2.45) is 0 Å². The normalized spacial score (nSPS) is 10.8. The first-order valence-electron chi connectivity index (χ1n) is 7.39. The highest BCUT2D eigenvalue weighted by Crippen LogP contribution is 2.15. The summed E-state index contributed by atoms with van der Waals surface area (Å²) < 4.78 is 1.73. The summed E-state index contributed by atoms with van der Waals surface area (Å²) in [5.41, 5.74) is 0. The first kappa shape index (κ1) is 15.7. The Morgan fingerprint density at radius 3 is 2.38 bits per heavy atom. The molecule has 0 aromatic carbocycles. The number of unbranched alkanes of at least 4 members (excludes halogenated alkanes) is 2. The van der Waals surface area contributed by atoms with Crippen LogP contribution in [0.1, 0.15) is 39.5 Å². The highest BCUT2D eigenvalue weighted by Gasteiger charge is 2.13. The lowest BCUT2D eigenvalue weighted by molar-refractivity contribution is 0.659. The van der Waals surface area contributed by atoms with Gasteiger partial charge in [-0.3, -0.25) is 4.57 Å². The molecule has 2 rings (SSSR count). The van der Waals surface area contributed by atoms with Crippen molar-refractivity contribution in [2.45, 2.75) is 39.5 Å². The fourth-order valence-electron chi connectivity index (χ4n) is 1.97. The van der Waals surface area contributed by atoms with Gasteiger partial charge in [-0.25, -0.2) is 4.98 Å². The quantitative estimate of drug-likeness (QED) is 0.750. The Balaban J connectivity index is 2.26. The molecule has 0 atom stereocenters. The van der Waals surface area contributed by atoms with E-state index >= 15 is 0 Å². The lowest BCUT2D eigenvalue weighted by Crippen LogP contribution is -2.28. The third-order valence-corrected chi connectivity index (χ3v) is 3.33.